The highest BCUT2D eigenvalue weighted by molar-refractivity contribution is 6.35. The lowest BCUT2D eigenvalue weighted by atomic mass is 10.2. The van der Waals surface area contributed by atoms with Crippen LogP contribution in [0.4, 0.5) is 4.39 Å². The summed E-state index contributed by atoms with van der Waals surface area (Å²) in [6.07, 6.45) is 0. The fourth-order valence-electron chi connectivity index (χ4n) is 2.04. The maximum Gasteiger partial charge on any atom is 0.258 e. The van der Waals surface area contributed by atoms with Gasteiger partial charge in [-0.15, -0.1) is 0 Å². The van der Waals surface area contributed by atoms with Gasteiger partial charge < -0.3 is 14.6 Å². The van der Waals surface area contributed by atoms with Gasteiger partial charge in [0.05, 0.1) is 17.1 Å². The van der Waals surface area contributed by atoms with Crippen molar-refractivity contribution in [3.8, 4) is 17.1 Å². The van der Waals surface area contributed by atoms with Crippen molar-refractivity contribution >= 4 is 29.1 Å². The lowest BCUT2D eigenvalue weighted by Crippen LogP contribution is -2.28. The van der Waals surface area contributed by atoms with E-state index in [2.05, 4.69) is 15.5 Å². The molecule has 3 rings (SSSR count). The molecule has 6 nitrogen and oxygen atoms in total. The predicted molar refractivity (Wildman–Crippen MR) is 93.5 cm³/mol. The number of halogens is 3. The topological polar surface area (TPSA) is 77.2 Å². The number of amides is 1. The summed E-state index contributed by atoms with van der Waals surface area (Å²) in [7, 11) is 0. The molecular weight excluding hydrogens is 384 g/mol. The number of nitrogens with one attached hydrogen (secondary N) is 1. The summed E-state index contributed by atoms with van der Waals surface area (Å²) in [5.74, 6) is -0.290. The number of carbonyl (C=O) groups excluding carboxylic acids is 1. The summed E-state index contributed by atoms with van der Waals surface area (Å²) >= 11 is 11.7. The van der Waals surface area contributed by atoms with Gasteiger partial charge in [-0.25, -0.2) is 4.39 Å². The molecule has 0 saturated heterocycles. The Bertz CT molecular complexity index is 933. The maximum absolute atomic E-state index is 13.7. The molecule has 3 aromatic rings. The van der Waals surface area contributed by atoms with Crippen LogP contribution in [0.15, 0.2) is 47.0 Å². The molecule has 0 saturated carbocycles. The van der Waals surface area contributed by atoms with Crippen molar-refractivity contribution in [3.05, 3.63) is 64.2 Å². The van der Waals surface area contributed by atoms with Crippen molar-refractivity contribution in [2.45, 2.75) is 6.54 Å². The summed E-state index contributed by atoms with van der Waals surface area (Å²) in [5, 5.41) is 7.03. The molecule has 26 heavy (non-hydrogen) atoms. The zero-order valence-corrected chi connectivity index (χ0v) is 14.7. The van der Waals surface area contributed by atoms with Gasteiger partial charge >= 0.3 is 0 Å². The van der Waals surface area contributed by atoms with E-state index in [-0.39, 0.29) is 30.4 Å². The second-order valence-electron chi connectivity index (χ2n) is 5.13. The zero-order valence-electron chi connectivity index (χ0n) is 13.2. The standard InChI is InChI=1S/C17H12Cl2FN3O3/c18-10-5-6-14(12(19)7-10)25-9-15(24)21-8-16-22-17(23-26-16)11-3-1-2-4-13(11)20/h1-7H,8-9H2,(H,21,24). The smallest absolute Gasteiger partial charge is 0.258 e. The van der Waals surface area contributed by atoms with Crippen LogP contribution in [-0.4, -0.2) is 22.7 Å². The van der Waals surface area contributed by atoms with E-state index in [1.54, 1.807) is 24.3 Å². The minimum absolute atomic E-state index is 0.0159. The van der Waals surface area contributed by atoms with Crippen molar-refractivity contribution in [2.75, 3.05) is 6.61 Å². The molecule has 0 atom stereocenters. The highest BCUT2D eigenvalue weighted by Gasteiger charge is 2.13. The van der Waals surface area contributed by atoms with E-state index in [1.807, 2.05) is 0 Å². The Morgan fingerprint density at radius 1 is 1.23 bits per heavy atom. The van der Waals surface area contributed by atoms with Gasteiger partial charge in [0.25, 0.3) is 5.91 Å². The van der Waals surface area contributed by atoms with Crippen molar-refractivity contribution < 1.29 is 18.4 Å². The van der Waals surface area contributed by atoms with E-state index in [0.29, 0.717) is 15.8 Å². The van der Waals surface area contributed by atoms with Crippen LogP contribution in [0, 0.1) is 5.82 Å². The summed E-state index contributed by atoms with van der Waals surface area (Å²) in [6.45, 7) is -0.270. The first-order valence-corrected chi connectivity index (χ1v) is 8.20. The first-order chi connectivity index (χ1) is 12.5. The summed E-state index contributed by atoms with van der Waals surface area (Å²) in [5.41, 5.74) is 0.217. The van der Waals surface area contributed by atoms with Gasteiger partial charge in [0.15, 0.2) is 6.61 Å². The van der Waals surface area contributed by atoms with E-state index in [1.165, 1.54) is 18.2 Å². The Morgan fingerprint density at radius 2 is 2.04 bits per heavy atom. The first-order valence-electron chi connectivity index (χ1n) is 7.45. The van der Waals surface area contributed by atoms with Gasteiger partial charge in [0, 0.05) is 5.02 Å². The third-order valence-corrected chi connectivity index (χ3v) is 3.80. The average molecular weight is 396 g/mol. The molecular formula is C17H12Cl2FN3O3. The molecule has 0 aliphatic rings. The normalized spacial score (nSPS) is 10.6. The molecule has 0 aliphatic heterocycles. The minimum Gasteiger partial charge on any atom is -0.482 e. The molecule has 0 unspecified atom stereocenters. The molecule has 1 N–H and O–H groups in total. The van der Waals surface area contributed by atoms with Gasteiger partial charge in [-0.1, -0.05) is 40.5 Å². The van der Waals surface area contributed by atoms with E-state index >= 15 is 0 Å². The van der Waals surface area contributed by atoms with Crippen LogP contribution in [0.1, 0.15) is 5.89 Å². The number of benzene rings is 2. The second kappa shape index (κ2) is 8.16. The van der Waals surface area contributed by atoms with Crippen molar-refractivity contribution in [3.63, 3.8) is 0 Å². The van der Waals surface area contributed by atoms with Crippen LogP contribution in [0.5, 0.6) is 5.75 Å². The number of hydrogen-bond donors (Lipinski definition) is 1. The molecule has 2 aromatic carbocycles. The molecule has 9 heteroatoms. The molecule has 1 amide bonds. The number of aromatic nitrogens is 2. The largest absolute Gasteiger partial charge is 0.482 e. The van der Waals surface area contributed by atoms with Gasteiger partial charge in [-0.3, -0.25) is 4.79 Å². The van der Waals surface area contributed by atoms with Gasteiger partial charge in [-0.2, -0.15) is 4.98 Å². The van der Waals surface area contributed by atoms with Crippen molar-refractivity contribution in [1.29, 1.82) is 0 Å². The Morgan fingerprint density at radius 3 is 2.81 bits per heavy atom. The minimum atomic E-state index is -0.461. The number of carbonyl (C=O) groups is 1. The number of rotatable bonds is 6. The van der Waals surface area contributed by atoms with Crippen molar-refractivity contribution in [2.24, 2.45) is 0 Å². The number of hydrogen-bond acceptors (Lipinski definition) is 5. The molecule has 1 aromatic heterocycles. The highest BCUT2D eigenvalue weighted by atomic mass is 35.5. The van der Waals surface area contributed by atoms with E-state index in [4.69, 9.17) is 32.5 Å². The Hall–Kier alpha value is -2.64. The van der Waals surface area contributed by atoms with E-state index < -0.39 is 11.7 Å². The molecule has 1 heterocycles. The van der Waals surface area contributed by atoms with Crippen LogP contribution in [0.2, 0.25) is 10.0 Å². The third-order valence-electron chi connectivity index (χ3n) is 3.27. The fraction of sp³-hybridized carbons (Fsp3) is 0.118. The number of nitrogens with zero attached hydrogens (tertiary/aromatic N) is 2. The van der Waals surface area contributed by atoms with E-state index in [9.17, 15) is 9.18 Å². The molecule has 0 bridgehead atoms. The predicted octanol–water partition coefficient (Wildman–Crippen LogP) is 3.88. The van der Waals surface area contributed by atoms with Crippen LogP contribution < -0.4 is 10.1 Å². The lowest BCUT2D eigenvalue weighted by Gasteiger charge is -2.07. The van der Waals surface area contributed by atoms with E-state index in [0.717, 1.165) is 0 Å². The number of ether oxygens (including phenoxy) is 1. The Kier molecular flexibility index (Phi) is 5.70. The molecule has 0 aliphatic carbocycles. The fourth-order valence-corrected chi connectivity index (χ4v) is 2.50. The summed E-state index contributed by atoms with van der Waals surface area (Å²) in [4.78, 5) is 15.9. The SMILES string of the molecule is O=C(COc1ccc(Cl)cc1Cl)NCc1nc(-c2ccccc2F)no1. The molecule has 0 radical (unpaired) electrons. The molecule has 0 fully saturated rings. The summed E-state index contributed by atoms with van der Waals surface area (Å²) in [6, 6.07) is 10.7. The summed E-state index contributed by atoms with van der Waals surface area (Å²) < 4.78 is 24.0. The second-order valence-corrected chi connectivity index (χ2v) is 5.98. The first kappa shape index (κ1) is 18.2. The lowest BCUT2D eigenvalue weighted by molar-refractivity contribution is -0.123. The van der Waals surface area contributed by atoms with Crippen LogP contribution in [0.25, 0.3) is 11.4 Å². The molecule has 134 valence electrons. The monoisotopic (exact) mass is 395 g/mol. The van der Waals surface area contributed by atoms with Gasteiger partial charge in [0.1, 0.15) is 11.6 Å². The Balaban J connectivity index is 1.53. The third kappa shape index (κ3) is 4.50. The maximum atomic E-state index is 13.7. The quantitative estimate of drug-likeness (QED) is 0.685. The van der Waals surface area contributed by atoms with Crippen LogP contribution in [0.3, 0.4) is 0 Å². The average Bonchev–Trinajstić information content (AvgIpc) is 3.08. The van der Waals surface area contributed by atoms with Crippen LogP contribution in [-0.2, 0) is 11.3 Å². The Labute approximate surface area is 157 Å². The van der Waals surface area contributed by atoms with Crippen molar-refractivity contribution in [1.82, 2.24) is 15.5 Å². The van der Waals surface area contributed by atoms with Gasteiger partial charge in [-0.05, 0) is 30.3 Å². The highest BCUT2D eigenvalue weighted by Crippen LogP contribution is 2.27. The zero-order chi connectivity index (χ0) is 18.5. The van der Waals surface area contributed by atoms with Gasteiger partial charge in [0.2, 0.25) is 11.7 Å². The molecule has 0 spiro atoms. The van der Waals surface area contributed by atoms with Crippen LogP contribution >= 0.6 is 23.2 Å².